The van der Waals surface area contributed by atoms with E-state index in [1.54, 1.807) is 6.07 Å². The Morgan fingerprint density at radius 3 is 2.05 bits per heavy atom. The SMILES string of the molecule is Oc1ccc2ccc3c(O)c4ccccc4c4ccc1c2c34. The highest BCUT2D eigenvalue weighted by Gasteiger charge is 2.16. The first-order chi connectivity index (χ1) is 10.8. The van der Waals surface area contributed by atoms with Gasteiger partial charge in [-0.05, 0) is 34.4 Å². The van der Waals surface area contributed by atoms with E-state index in [9.17, 15) is 10.2 Å². The molecule has 0 saturated heterocycles. The molecule has 0 bridgehead atoms. The van der Waals surface area contributed by atoms with E-state index in [0.717, 1.165) is 43.1 Å². The van der Waals surface area contributed by atoms with Crippen LogP contribution in [0.4, 0.5) is 0 Å². The van der Waals surface area contributed by atoms with E-state index >= 15 is 0 Å². The topological polar surface area (TPSA) is 40.5 Å². The lowest BCUT2D eigenvalue weighted by molar-refractivity contribution is 0.481. The van der Waals surface area contributed by atoms with Gasteiger partial charge in [0.25, 0.3) is 0 Å². The van der Waals surface area contributed by atoms with Gasteiger partial charge in [0.2, 0.25) is 0 Å². The summed E-state index contributed by atoms with van der Waals surface area (Å²) in [5, 5.41) is 28.6. The molecule has 22 heavy (non-hydrogen) atoms. The number of phenolic OH excluding ortho intramolecular Hbond substituents is 2. The molecule has 0 aliphatic heterocycles. The van der Waals surface area contributed by atoms with E-state index < -0.39 is 0 Å². The molecule has 104 valence electrons. The highest BCUT2D eigenvalue weighted by molar-refractivity contribution is 6.31. The molecule has 0 amide bonds. The van der Waals surface area contributed by atoms with Gasteiger partial charge in [-0.2, -0.15) is 0 Å². The van der Waals surface area contributed by atoms with Crippen molar-refractivity contribution >= 4 is 43.1 Å². The first-order valence-corrected chi connectivity index (χ1v) is 7.26. The number of benzene rings is 5. The van der Waals surface area contributed by atoms with Crippen LogP contribution in [0.1, 0.15) is 0 Å². The summed E-state index contributed by atoms with van der Waals surface area (Å²) >= 11 is 0. The summed E-state index contributed by atoms with van der Waals surface area (Å²) in [5.41, 5.74) is 0. The largest absolute Gasteiger partial charge is 0.507 e. The van der Waals surface area contributed by atoms with Crippen molar-refractivity contribution in [1.82, 2.24) is 0 Å². The van der Waals surface area contributed by atoms with Gasteiger partial charge in [-0.3, -0.25) is 0 Å². The van der Waals surface area contributed by atoms with Crippen LogP contribution in [0, 0.1) is 0 Å². The molecule has 0 fully saturated rings. The molecular weight excluding hydrogens is 272 g/mol. The molecule has 0 unspecified atom stereocenters. The molecule has 0 radical (unpaired) electrons. The smallest absolute Gasteiger partial charge is 0.131 e. The van der Waals surface area contributed by atoms with E-state index in [1.165, 1.54) is 0 Å². The van der Waals surface area contributed by atoms with Crippen molar-refractivity contribution in [2.45, 2.75) is 0 Å². The Hall–Kier alpha value is -3.00. The van der Waals surface area contributed by atoms with Crippen molar-refractivity contribution < 1.29 is 10.2 Å². The van der Waals surface area contributed by atoms with Gasteiger partial charge in [-0.15, -0.1) is 0 Å². The van der Waals surface area contributed by atoms with Crippen LogP contribution >= 0.6 is 0 Å². The Bertz CT molecular complexity index is 1190. The Morgan fingerprint density at radius 1 is 0.500 bits per heavy atom. The molecule has 2 heteroatoms. The molecular formula is C20H12O2. The van der Waals surface area contributed by atoms with Gasteiger partial charge in [-0.25, -0.2) is 0 Å². The van der Waals surface area contributed by atoms with E-state index in [4.69, 9.17) is 0 Å². The molecule has 0 heterocycles. The van der Waals surface area contributed by atoms with E-state index in [-0.39, 0.29) is 5.75 Å². The van der Waals surface area contributed by atoms with Crippen molar-refractivity contribution in [2.24, 2.45) is 0 Å². The molecule has 0 aromatic heterocycles. The Kier molecular flexibility index (Phi) is 2.01. The zero-order chi connectivity index (χ0) is 14.8. The summed E-state index contributed by atoms with van der Waals surface area (Å²) in [6.45, 7) is 0. The van der Waals surface area contributed by atoms with E-state index in [0.29, 0.717) is 5.75 Å². The summed E-state index contributed by atoms with van der Waals surface area (Å²) in [6.07, 6.45) is 0. The van der Waals surface area contributed by atoms with Crippen molar-refractivity contribution in [3.05, 3.63) is 60.7 Å². The summed E-state index contributed by atoms with van der Waals surface area (Å²) in [7, 11) is 0. The second kappa shape index (κ2) is 3.80. The van der Waals surface area contributed by atoms with Gasteiger partial charge < -0.3 is 10.2 Å². The average molecular weight is 284 g/mol. The number of aromatic hydroxyl groups is 2. The highest BCUT2D eigenvalue weighted by atomic mass is 16.3. The standard InChI is InChI=1S/C20H12O2/c21-17-10-6-11-5-7-16-19-13(8-9-15(17)18(11)19)12-3-1-2-4-14(12)20(16)22/h1-10,21-22H. The number of rotatable bonds is 0. The number of hydrogen-bond donors (Lipinski definition) is 2. The zero-order valence-electron chi connectivity index (χ0n) is 11.7. The maximum absolute atomic E-state index is 10.7. The molecule has 2 nitrogen and oxygen atoms in total. The third-order valence-corrected chi connectivity index (χ3v) is 4.62. The van der Waals surface area contributed by atoms with Crippen LogP contribution in [0.5, 0.6) is 11.5 Å². The Morgan fingerprint density at radius 2 is 1.18 bits per heavy atom. The Balaban J connectivity index is 2.24. The van der Waals surface area contributed by atoms with E-state index in [2.05, 4.69) is 0 Å². The molecule has 5 rings (SSSR count). The second-order valence-corrected chi connectivity index (χ2v) is 5.73. The number of phenols is 2. The van der Waals surface area contributed by atoms with Crippen LogP contribution in [0.25, 0.3) is 43.1 Å². The van der Waals surface area contributed by atoms with Crippen molar-refractivity contribution in [3.63, 3.8) is 0 Å². The van der Waals surface area contributed by atoms with Gasteiger partial charge in [0, 0.05) is 26.9 Å². The average Bonchev–Trinajstić information content (AvgIpc) is 2.57. The number of hydrogen-bond acceptors (Lipinski definition) is 2. The summed E-state index contributed by atoms with van der Waals surface area (Å²) < 4.78 is 0. The van der Waals surface area contributed by atoms with Crippen LogP contribution in [0.15, 0.2) is 60.7 Å². The zero-order valence-corrected chi connectivity index (χ0v) is 11.7. The first-order valence-electron chi connectivity index (χ1n) is 7.26. The van der Waals surface area contributed by atoms with Crippen LogP contribution < -0.4 is 0 Å². The summed E-state index contributed by atoms with van der Waals surface area (Å²) in [4.78, 5) is 0. The second-order valence-electron chi connectivity index (χ2n) is 5.73. The van der Waals surface area contributed by atoms with Gasteiger partial charge in [-0.1, -0.05) is 42.5 Å². The Labute approximate surface area is 126 Å². The minimum Gasteiger partial charge on any atom is -0.507 e. The van der Waals surface area contributed by atoms with Crippen molar-refractivity contribution in [3.8, 4) is 11.5 Å². The van der Waals surface area contributed by atoms with Crippen molar-refractivity contribution in [2.75, 3.05) is 0 Å². The van der Waals surface area contributed by atoms with Crippen molar-refractivity contribution in [1.29, 1.82) is 0 Å². The van der Waals surface area contributed by atoms with Gasteiger partial charge in [0.05, 0.1) is 0 Å². The predicted octanol–water partition coefficient (Wildman–Crippen LogP) is 5.15. The van der Waals surface area contributed by atoms with Crippen LogP contribution in [0.3, 0.4) is 0 Å². The first kappa shape index (κ1) is 11.6. The minimum absolute atomic E-state index is 0.273. The third kappa shape index (κ3) is 1.25. The summed E-state index contributed by atoms with van der Waals surface area (Å²) in [6, 6.07) is 19.5. The maximum atomic E-state index is 10.7. The van der Waals surface area contributed by atoms with Crippen LogP contribution in [-0.2, 0) is 0 Å². The highest BCUT2D eigenvalue weighted by Crippen LogP contribution is 2.45. The predicted molar refractivity (Wildman–Crippen MR) is 91.0 cm³/mol. The van der Waals surface area contributed by atoms with Gasteiger partial charge in [0.15, 0.2) is 0 Å². The fourth-order valence-electron chi connectivity index (χ4n) is 3.62. The quantitative estimate of drug-likeness (QED) is 0.305. The van der Waals surface area contributed by atoms with Crippen LogP contribution in [-0.4, -0.2) is 10.2 Å². The van der Waals surface area contributed by atoms with E-state index in [1.807, 2.05) is 54.6 Å². The lowest BCUT2D eigenvalue weighted by Gasteiger charge is -2.15. The monoisotopic (exact) mass is 284 g/mol. The lowest BCUT2D eigenvalue weighted by Crippen LogP contribution is -1.87. The van der Waals surface area contributed by atoms with Gasteiger partial charge >= 0.3 is 0 Å². The lowest BCUT2D eigenvalue weighted by atomic mass is 9.90. The fourth-order valence-corrected chi connectivity index (χ4v) is 3.62. The third-order valence-electron chi connectivity index (χ3n) is 4.62. The molecule has 0 spiro atoms. The molecule has 0 aliphatic rings. The van der Waals surface area contributed by atoms with Crippen LogP contribution in [0.2, 0.25) is 0 Å². The molecule has 0 atom stereocenters. The molecule has 5 aromatic rings. The number of fused-ring (bicyclic) bond motifs is 2. The minimum atomic E-state index is 0.273. The normalized spacial score (nSPS) is 12.0. The molecule has 0 aliphatic carbocycles. The molecule has 0 saturated carbocycles. The fraction of sp³-hybridized carbons (Fsp3) is 0. The van der Waals surface area contributed by atoms with Gasteiger partial charge in [0.1, 0.15) is 11.5 Å². The molecule has 5 aromatic carbocycles. The molecule has 2 N–H and O–H groups in total. The summed E-state index contributed by atoms with van der Waals surface area (Å²) in [5.74, 6) is 0.579. The maximum Gasteiger partial charge on any atom is 0.131 e.